The van der Waals surface area contributed by atoms with E-state index < -0.39 is 10.0 Å². The average molecular weight is 297 g/mol. The summed E-state index contributed by atoms with van der Waals surface area (Å²) in [7, 11) is -3.77. The number of nitrogens with one attached hydrogen (secondary N) is 1. The molecule has 1 N–H and O–H groups in total. The molecule has 1 heterocycles. The minimum atomic E-state index is -3.77. The maximum atomic E-state index is 12.1. The molecule has 7 heteroatoms. The van der Waals surface area contributed by atoms with Crippen molar-refractivity contribution in [2.75, 3.05) is 0 Å². The van der Waals surface area contributed by atoms with Gasteiger partial charge in [-0.15, -0.1) is 0 Å². The van der Waals surface area contributed by atoms with Crippen LogP contribution in [0.2, 0.25) is 5.22 Å². The van der Waals surface area contributed by atoms with E-state index in [2.05, 4.69) is 4.72 Å². The minimum Gasteiger partial charge on any atom is -0.448 e. The van der Waals surface area contributed by atoms with Crippen molar-refractivity contribution in [2.45, 2.75) is 11.4 Å². The number of hydrogen-bond acceptors (Lipinski definition) is 4. The van der Waals surface area contributed by atoms with Gasteiger partial charge in [-0.2, -0.15) is 5.26 Å². The predicted molar refractivity (Wildman–Crippen MR) is 68.9 cm³/mol. The minimum absolute atomic E-state index is 0.0329. The lowest BCUT2D eigenvalue weighted by atomic mass is 10.2. The summed E-state index contributed by atoms with van der Waals surface area (Å²) < 4.78 is 31.5. The highest BCUT2D eigenvalue weighted by Gasteiger charge is 2.18. The Hall–Kier alpha value is -1.81. The molecule has 0 atom stereocenters. The molecule has 0 fully saturated rings. The van der Waals surface area contributed by atoms with E-state index in [4.69, 9.17) is 21.3 Å². The largest absolute Gasteiger partial charge is 0.448 e. The Kier molecular flexibility index (Phi) is 3.90. The fourth-order valence-electron chi connectivity index (χ4n) is 1.48. The van der Waals surface area contributed by atoms with Gasteiger partial charge < -0.3 is 4.42 Å². The van der Waals surface area contributed by atoms with Crippen LogP contribution in [0, 0.1) is 11.3 Å². The first-order valence-corrected chi connectivity index (χ1v) is 7.12. The van der Waals surface area contributed by atoms with E-state index in [9.17, 15) is 8.42 Å². The number of sulfonamides is 1. The molecular formula is C12H9ClN2O3S. The van der Waals surface area contributed by atoms with Crippen molar-refractivity contribution in [3.8, 4) is 6.07 Å². The molecule has 0 saturated heterocycles. The van der Waals surface area contributed by atoms with Crippen molar-refractivity contribution in [3.63, 3.8) is 0 Å². The Morgan fingerprint density at radius 3 is 2.63 bits per heavy atom. The van der Waals surface area contributed by atoms with Gasteiger partial charge in [-0.25, -0.2) is 13.1 Å². The smallest absolute Gasteiger partial charge is 0.242 e. The van der Waals surface area contributed by atoms with E-state index >= 15 is 0 Å². The molecule has 2 rings (SSSR count). The summed E-state index contributed by atoms with van der Waals surface area (Å²) >= 11 is 5.59. The number of nitrogens with zero attached hydrogens (tertiary/aromatic N) is 1. The number of hydrogen-bond donors (Lipinski definition) is 1. The summed E-state index contributed by atoms with van der Waals surface area (Å²) in [4.78, 5) is -0.0600. The Bertz CT molecular complexity index is 731. The van der Waals surface area contributed by atoms with Gasteiger partial charge in [0.1, 0.15) is 11.8 Å². The first-order chi connectivity index (χ1) is 9.03. The van der Waals surface area contributed by atoms with Crippen LogP contribution < -0.4 is 4.72 Å². The Balaban J connectivity index is 2.21. The second-order valence-corrected chi connectivity index (χ2v) is 5.75. The maximum absolute atomic E-state index is 12.1. The van der Waals surface area contributed by atoms with E-state index in [1.807, 2.05) is 6.07 Å². The molecule has 0 aliphatic rings. The van der Waals surface area contributed by atoms with Gasteiger partial charge in [-0.1, -0.05) is 12.1 Å². The predicted octanol–water partition coefficient (Wildman–Crippen LogP) is 2.28. The van der Waals surface area contributed by atoms with E-state index in [0.29, 0.717) is 5.76 Å². The zero-order chi connectivity index (χ0) is 13.9. The van der Waals surface area contributed by atoms with Crippen LogP contribution in [0.5, 0.6) is 0 Å². The molecule has 1 aromatic heterocycles. The quantitative estimate of drug-likeness (QED) is 0.938. The van der Waals surface area contributed by atoms with Gasteiger partial charge in [0, 0.05) is 0 Å². The van der Waals surface area contributed by atoms with Gasteiger partial charge in [0.25, 0.3) is 0 Å². The molecule has 5 nitrogen and oxygen atoms in total. The highest BCUT2D eigenvalue weighted by molar-refractivity contribution is 7.89. The van der Waals surface area contributed by atoms with Crippen molar-refractivity contribution >= 4 is 21.6 Å². The SMILES string of the molecule is N#Cc1ccccc1S(=O)(=O)NCc1ccc(Cl)o1. The number of nitriles is 1. The maximum Gasteiger partial charge on any atom is 0.242 e. The summed E-state index contributed by atoms with van der Waals surface area (Å²) in [5.74, 6) is 0.392. The topological polar surface area (TPSA) is 83.1 Å². The fraction of sp³-hybridized carbons (Fsp3) is 0.0833. The molecule has 0 amide bonds. The Labute approximate surface area is 115 Å². The molecule has 0 spiro atoms. The molecule has 98 valence electrons. The first kappa shape index (κ1) is 13.6. The molecule has 2 aromatic rings. The molecule has 0 radical (unpaired) electrons. The van der Waals surface area contributed by atoms with Gasteiger partial charge in [0.05, 0.1) is 17.0 Å². The van der Waals surface area contributed by atoms with Crippen molar-refractivity contribution in [3.05, 3.63) is 52.9 Å². The molecule has 0 saturated carbocycles. The summed E-state index contributed by atoms with van der Waals surface area (Å²) in [6.07, 6.45) is 0. The third-order valence-corrected chi connectivity index (χ3v) is 4.02. The summed E-state index contributed by atoms with van der Waals surface area (Å²) in [5, 5.41) is 9.08. The second kappa shape index (κ2) is 5.45. The third-order valence-electron chi connectivity index (χ3n) is 2.36. The third kappa shape index (κ3) is 3.15. The fourth-order valence-corrected chi connectivity index (χ4v) is 2.79. The van der Waals surface area contributed by atoms with E-state index in [0.717, 1.165) is 0 Å². The van der Waals surface area contributed by atoms with E-state index in [-0.39, 0.29) is 22.2 Å². The number of furan rings is 1. The Morgan fingerprint density at radius 1 is 1.26 bits per heavy atom. The molecule has 0 bridgehead atoms. The number of benzene rings is 1. The van der Waals surface area contributed by atoms with Gasteiger partial charge in [0.2, 0.25) is 10.0 Å². The van der Waals surface area contributed by atoms with Gasteiger partial charge in [-0.05, 0) is 35.9 Å². The molecule has 1 aromatic carbocycles. The average Bonchev–Trinajstić information content (AvgIpc) is 2.82. The molecular weight excluding hydrogens is 288 g/mol. The van der Waals surface area contributed by atoms with E-state index in [1.54, 1.807) is 18.2 Å². The standard InChI is InChI=1S/C12H9ClN2O3S/c13-12-6-5-10(18-12)8-15-19(16,17)11-4-2-1-3-9(11)7-14/h1-6,15H,8H2. The van der Waals surface area contributed by atoms with Crippen LogP contribution in [0.3, 0.4) is 0 Å². The lowest BCUT2D eigenvalue weighted by Gasteiger charge is -2.06. The summed E-state index contributed by atoms with van der Waals surface area (Å²) in [6.45, 7) is -0.0329. The molecule has 0 unspecified atom stereocenters. The van der Waals surface area contributed by atoms with Crippen LogP contribution in [-0.4, -0.2) is 8.42 Å². The summed E-state index contributed by atoms with van der Waals surface area (Å²) in [6, 6.07) is 10.9. The monoisotopic (exact) mass is 296 g/mol. The lowest BCUT2D eigenvalue weighted by molar-refractivity contribution is 0.500. The number of rotatable bonds is 4. The van der Waals surface area contributed by atoms with Crippen LogP contribution in [0.1, 0.15) is 11.3 Å². The lowest BCUT2D eigenvalue weighted by Crippen LogP contribution is -2.23. The van der Waals surface area contributed by atoms with E-state index in [1.165, 1.54) is 18.2 Å². The van der Waals surface area contributed by atoms with Crippen LogP contribution in [0.4, 0.5) is 0 Å². The van der Waals surface area contributed by atoms with Crippen molar-refractivity contribution in [2.24, 2.45) is 0 Å². The van der Waals surface area contributed by atoms with Crippen molar-refractivity contribution in [1.29, 1.82) is 5.26 Å². The molecule has 0 aliphatic carbocycles. The second-order valence-electron chi connectivity index (χ2n) is 3.64. The first-order valence-electron chi connectivity index (χ1n) is 5.26. The van der Waals surface area contributed by atoms with Crippen molar-refractivity contribution in [1.82, 2.24) is 4.72 Å². The normalized spacial score (nSPS) is 11.2. The van der Waals surface area contributed by atoms with Crippen LogP contribution >= 0.6 is 11.6 Å². The van der Waals surface area contributed by atoms with Gasteiger partial charge in [0.15, 0.2) is 5.22 Å². The Morgan fingerprint density at radius 2 is 2.00 bits per heavy atom. The zero-order valence-corrected chi connectivity index (χ0v) is 11.2. The highest BCUT2D eigenvalue weighted by Crippen LogP contribution is 2.16. The highest BCUT2D eigenvalue weighted by atomic mass is 35.5. The number of halogens is 1. The van der Waals surface area contributed by atoms with Gasteiger partial charge >= 0.3 is 0 Å². The van der Waals surface area contributed by atoms with Crippen LogP contribution in [0.25, 0.3) is 0 Å². The van der Waals surface area contributed by atoms with Gasteiger partial charge in [-0.3, -0.25) is 0 Å². The molecule has 19 heavy (non-hydrogen) atoms. The van der Waals surface area contributed by atoms with Crippen LogP contribution in [-0.2, 0) is 16.6 Å². The summed E-state index contributed by atoms with van der Waals surface area (Å²) in [5.41, 5.74) is 0.0903. The van der Waals surface area contributed by atoms with Crippen LogP contribution in [0.15, 0.2) is 45.7 Å². The molecule has 0 aliphatic heterocycles. The van der Waals surface area contributed by atoms with Crippen molar-refractivity contribution < 1.29 is 12.8 Å². The zero-order valence-electron chi connectivity index (χ0n) is 9.63.